The van der Waals surface area contributed by atoms with E-state index in [4.69, 9.17) is 5.73 Å². The van der Waals surface area contributed by atoms with E-state index in [1.54, 1.807) is 0 Å². The molecular formula is C13H19N3O. The summed E-state index contributed by atoms with van der Waals surface area (Å²) in [5, 5.41) is 13.6. The molecule has 0 radical (unpaired) electrons. The normalized spacial score (nSPS) is 15.1. The predicted octanol–water partition coefficient (Wildman–Crippen LogP) is 1.06. The van der Waals surface area contributed by atoms with Crippen molar-refractivity contribution in [2.75, 3.05) is 13.7 Å². The Morgan fingerprint density at radius 2 is 2.12 bits per heavy atom. The smallest absolute Gasteiger partial charge is 0.0601 e. The van der Waals surface area contributed by atoms with Gasteiger partial charge in [-0.1, -0.05) is 18.2 Å². The van der Waals surface area contributed by atoms with Crippen LogP contribution >= 0.6 is 0 Å². The van der Waals surface area contributed by atoms with Gasteiger partial charge in [-0.3, -0.25) is 0 Å². The lowest BCUT2D eigenvalue weighted by atomic mass is 9.97. The molecule has 0 aliphatic carbocycles. The highest BCUT2D eigenvalue weighted by Gasteiger charge is 2.22. The number of aliphatic hydroxyl groups is 1. The molecule has 2 aromatic rings. The van der Waals surface area contributed by atoms with Crippen molar-refractivity contribution in [1.82, 2.24) is 10.3 Å². The monoisotopic (exact) mass is 233 g/mol. The quantitative estimate of drug-likeness (QED) is 0.638. The molecule has 1 heterocycles. The van der Waals surface area contributed by atoms with Crippen molar-refractivity contribution >= 4 is 10.9 Å². The second-order valence-corrected chi connectivity index (χ2v) is 4.32. The van der Waals surface area contributed by atoms with E-state index in [1.165, 1.54) is 0 Å². The Morgan fingerprint density at radius 3 is 2.76 bits per heavy atom. The lowest BCUT2D eigenvalue weighted by molar-refractivity contribution is 0.240. The van der Waals surface area contributed by atoms with Crippen LogP contribution in [0.2, 0.25) is 0 Å². The van der Waals surface area contributed by atoms with Crippen LogP contribution < -0.4 is 11.1 Å². The van der Waals surface area contributed by atoms with Gasteiger partial charge in [-0.2, -0.15) is 0 Å². The SMILES string of the molecule is CNC(c1c(C)[nH]c2ccccc12)C(N)CO. The molecule has 5 N–H and O–H groups in total. The first-order valence-electron chi connectivity index (χ1n) is 5.80. The number of hydrogen-bond donors (Lipinski definition) is 4. The van der Waals surface area contributed by atoms with Crippen molar-refractivity contribution in [2.45, 2.75) is 19.0 Å². The first-order valence-corrected chi connectivity index (χ1v) is 5.80. The zero-order chi connectivity index (χ0) is 12.4. The van der Waals surface area contributed by atoms with Gasteiger partial charge in [0.25, 0.3) is 0 Å². The van der Waals surface area contributed by atoms with Gasteiger partial charge in [0.05, 0.1) is 12.6 Å². The minimum absolute atomic E-state index is 0.0372. The van der Waals surface area contributed by atoms with Gasteiger partial charge < -0.3 is 21.1 Å². The van der Waals surface area contributed by atoms with Crippen molar-refractivity contribution in [1.29, 1.82) is 0 Å². The topological polar surface area (TPSA) is 74.1 Å². The third-order valence-electron chi connectivity index (χ3n) is 3.20. The van der Waals surface area contributed by atoms with Gasteiger partial charge in [0.1, 0.15) is 0 Å². The molecule has 4 heteroatoms. The second-order valence-electron chi connectivity index (χ2n) is 4.32. The molecule has 0 aliphatic rings. The van der Waals surface area contributed by atoms with Crippen molar-refractivity contribution in [2.24, 2.45) is 5.73 Å². The van der Waals surface area contributed by atoms with Gasteiger partial charge >= 0.3 is 0 Å². The number of aromatic nitrogens is 1. The fourth-order valence-corrected chi connectivity index (χ4v) is 2.38. The minimum atomic E-state index is -0.307. The summed E-state index contributed by atoms with van der Waals surface area (Å²) in [6.07, 6.45) is 0. The van der Waals surface area contributed by atoms with E-state index < -0.39 is 0 Å². The zero-order valence-corrected chi connectivity index (χ0v) is 10.2. The fourth-order valence-electron chi connectivity index (χ4n) is 2.38. The highest BCUT2D eigenvalue weighted by Crippen LogP contribution is 2.28. The molecule has 2 rings (SSSR count). The Kier molecular flexibility index (Phi) is 3.47. The highest BCUT2D eigenvalue weighted by atomic mass is 16.3. The second kappa shape index (κ2) is 4.87. The maximum atomic E-state index is 9.22. The number of aliphatic hydroxyl groups excluding tert-OH is 1. The van der Waals surface area contributed by atoms with Crippen LogP contribution in [-0.4, -0.2) is 29.8 Å². The van der Waals surface area contributed by atoms with Gasteiger partial charge in [0, 0.05) is 22.6 Å². The van der Waals surface area contributed by atoms with Crippen LogP contribution in [0.3, 0.4) is 0 Å². The Labute approximate surface area is 101 Å². The Bertz CT molecular complexity index is 506. The third-order valence-corrected chi connectivity index (χ3v) is 3.20. The maximum absolute atomic E-state index is 9.22. The standard InChI is InChI=1S/C13H19N3O/c1-8-12(13(15-2)10(14)7-17)9-5-3-4-6-11(9)16-8/h3-6,10,13,15-17H,7,14H2,1-2H3. The first-order chi connectivity index (χ1) is 8.19. The number of hydrogen-bond acceptors (Lipinski definition) is 3. The van der Waals surface area contributed by atoms with Crippen LogP contribution in [0, 0.1) is 6.92 Å². The molecule has 17 heavy (non-hydrogen) atoms. The number of likely N-dealkylation sites (N-methyl/N-ethyl adjacent to an activating group) is 1. The fraction of sp³-hybridized carbons (Fsp3) is 0.385. The summed E-state index contributed by atoms with van der Waals surface area (Å²) in [6.45, 7) is 1.99. The van der Waals surface area contributed by atoms with E-state index in [9.17, 15) is 5.11 Å². The Hall–Kier alpha value is -1.36. The van der Waals surface area contributed by atoms with Gasteiger partial charge in [-0.05, 0) is 25.6 Å². The van der Waals surface area contributed by atoms with Gasteiger partial charge in [0.2, 0.25) is 0 Å². The molecule has 0 amide bonds. The highest BCUT2D eigenvalue weighted by molar-refractivity contribution is 5.85. The molecule has 92 valence electrons. The van der Waals surface area contributed by atoms with Crippen LogP contribution in [0.1, 0.15) is 17.3 Å². The van der Waals surface area contributed by atoms with E-state index in [-0.39, 0.29) is 18.7 Å². The average Bonchev–Trinajstić information content (AvgIpc) is 2.67. The zero-order valence-electron chi connectivity index (χ0n) is 10.2. The first kappa shape index (κ1) is 12.1. The van der Waals surface area contributed by atoms with E-state index in [2.05, 4.69) is 16.4 Å². The van der Waals surface area contributed by atoms with Crippen LogP contribution in [0.5, 0.6) is 0 Å². The van der Waals surface area contributed by atoms with Gasteiger partial charge in [-0.15, -0.1) is 0 Å². The van der Waals surface area contributed by atoms with Gasteiger partial charge in [0.15, 0.2) is 0 Å². The number of nitrogens with one attached hydrogen (secondary N) is 2. The van der Waals surface area contributed by atoms with Crippen molar-refractivity contribution < 1.29 is 5.11 Å². The molecule has 4 nitrogen and oxygen atoms in total. The van der Waals surface area contributed by atoms with Crippen molar-refractivity contribution in [3.8, 4) is 0 Å². The lowest BCUT2D eigenvalue weighted by Gasteiger charge is -2.22. The Morgan fingerprint density at radius 1 is 1.41 bits per heavy atom. The average molecular weight is 233 g/mol. The summed E-state index contributed by atoms with van der Waals surface area (Å²) in [6, 6.07) is 7.78. The summed E-state index contributed by atoms with van der Waals surface area (Å²) in [7, 11) is 1.86. The summed E-state index contributed by atoms with van der Waals surface area (Å²) in [5.74, 6) is 0. The molecule has 0 saturated carbocycles. The molecule has 2 unspecified atom stereocenters. The number of benzene rings is 1. The maximum Gasteiger partial charge on any atom is 0.0601 e. The number of aromatic amines is 1. The largest absolute Gasteiger partial charge is 0.395 e. The van der Waals surface area contributed by atoms with E-state index in [0.29, 0.717) is 0 Å². The van der Waals surface area contributed by atoms with Crippen molar-refractivity contribution in [3.63, 3.8) is 0 Å². The molecule has 2 atom stereocenters. The molecule has 1 aromatic carbocycles. The molecule has 0 aliphatic heterocycles. The third kappa shape index (κ3) is 2.07. The number of para-hydroxylation sites is 1. The van der Waals surface area contributed by atoms with Gasteiger partial charge in [-0.25, -0.2) is 0 Å². The number of fused-ring (bicyclic) bond motifs is 1. The number of H-pyrrole nitrogens is 1. The molecule has 0 saturated heterocycles. The Balaban J connectivity index is 2.56. The van der Waals surface area contributed by atoms with E-state index >= 15 is 0 Å². The van der Waals surface area contributed by atoms with Crippen molar-refractivity contribution in [3.05, 3.63) is 35.5 Å². The van der Waals surface area contributed by atoms with Crippen LogP contribution in [0.15, 0.2) is 24.3 Å². The summed E-state index contributed by atoms with van der Waals surface area (Å²) < 4.78 is 0. The number of nitrogens with two attached hydrogens (primary N) is 1. The summed E-state index contributed by atoms with van der Waals surface area (Å²) >= 11 is 0. The minimum Gasteiger partial charge on any atom is -0.395 e. The summed E-state index contributed by atoms with van der Waals surface area (Å²) in [4.78, 5) is 3.34. The molecular weight excluding hydrogens is 214 g/mol. The van der Waals surface area contributed by atoms with E-state index in [1.807, 2.05) is 32.2 Å². The molecule has 0 bridgehead atoms. The molecule has 1 aromatic heterocycles. The molecule has 0 fully saturated rings. The number of rotatable bonds is 4. The van der Waals surface area contributed by atoms with Crippen LogP contribution in [0.25, 0.3) is 10.9 Å². The predicted molar refractivity (Wildman–Crippen MR) is 69.9 cm³/mol. The summed E-state index contributed by atoms with van der Waals surface area (Å²) in [5.41, 5.74) is 9.29. The van der Waals surface area contributed by atoms with Crippen LogP contribution in [0.4, 0.5) is 0 Å². The van der Waals surface area contributed by atoms with Crippen LogP contribution in [-0.2, 0) is 0 Å². The lowest BCUT2D eigenvalue weighted by Crippen LogP contribution is -2.39. The molecule has 0 spiro atoms. The van der Waals surface area contributed by atoms with E-state index in [0.717, 1.165) is 22.2 Å². The number of aryl methyl sites for hydroxylation is 1.